The minimum Gasteiger partial charge on any atom is -0.497 e. The van der Waals surface area contributed by atoms with Crippen LogP contribution in [0.3, 0.4) is 0 Å². The number of ether oxygens (including phenoxy) is 1. The fourth-order valence-corrected chi connectivity index (χ4v) is 4.40. The van der Waals surface area contributed by atoms with Gasteiger partial charge in [0.25, 0.3) is 5.91 Å². The largest absolute Gasteiger partial charge is 0.497 e. The van der Waals surface area contributed by atoms with E-state index in [1.807, 2.05) is 95.6 Å². The van der Waals surface area contributed by atoms with E-state index in [1.165, 1.54) is 0 Å². The van der Waals surface area contributed by atoms with Gasteiger partial charge in [-0.05, 0) is 49.2 Å². The van der Waals surface area contributed by atoms with Crippen molar-refractivity contribution < 1.29 is 14.3 Å². The van der Waals surface area contributed by atoms with Crippen molar-refractivity contribution in [3.05, 3.63) is 90.0 Å². The van der Waals surface area contributed by atoms with Gasteiger partial charge < -0.3 is 14.5 Å². The van der Waals surface area contributed by atoms with Gasteiger partial charge in [-0.2, -0.15) is 0 Å². The molecule has 5 nitrogen and oxygen atoms in total. The molecule has 5 heteroatoms. The first kappa shape index (κ1) is 20.7. The lowest BCUT2D eigenvalue weighted by atomic mass is 9.89. The highest BCUT2D eigenvalue weighted by atomic mass is 16.5. The van der Waals surface area contributed by atoms with Crippen LogP contribution in [0.5, 0.6) is 5.75 Å². The minimum atomic E-state index is -0.185. The summed E-state index contributed by atoms with van der Waals surface area (Å²) in [6.45, 7) is 3.61. The Kier molecular flexibility index (Phi) is 5.76. The molecular formula is C26H26N2O3. The number of carbonyl (C=O) groups is 2. The van der Waals surface area contributed by atoms with E-state index >= 15 is 0 Å². The summed E-state index contributed by atoms with van der Waals surface area (Å²) in [6, 6.07) is 24.4. The zero-order valence-electron chi connectivity index (χ0n) is 18.0. The Morgan fingerprint density at radius 2 is 1.68 bits per heavy atom. The highest BCUT2D eigenvalue weighted by Crippen LogP contribution is 2.43. The number of amides is 2. The SMILES string of the molecule is COc1cccc(N(C(C)=O)C2CC(C)N(C(=O)c3ccccc3)c3ccccc32)c1. The molecule has 0 N–H and O–H groups in total. The maximum absolute atomic E-state index is 13.4. The molecule has 3 aromatic carbocycles. The molecule has 3 aromatic rings. The van der Waals surface area contributed by atoms with Crippen LogP contribution in [0.25, 0.3) is 0 Å². The zero-order valence-corrected chi connectivity index (χ0v) is 18.0. The number of hydrogen-bond donors (Lipinski definition) is 0. The number of fused-ring (bicyclic) bond motifs is 1. The van der Waals surface area contributed by atoms with E-state index in [-0.39, 0.29) is 23.9 Å². The Balaban J connectivity index is 1.79. The van der Waals surface area contributed by atoms with Crippen LogP contribution >= 0.6 is 0 Å². The van der Waals surface area contributed by atoms with E-state index in [0.29, 0.717) is 17.7 Å². The minimum absolute atomic E-state index is 0.0326. The van der Waals surface area contributed by atoms with Gasteiger partial charge in [-0.25, -0.2) is 0 Å². The number of benzene rings is 3. The molecule has 0 spiro atoms. The second-order valence-electron chi connectivity index (χ2n) is 7.79. The van der Waals surface area contributed by atoms with Gasteiger partial charge in [-0.1, -0.05) is 42.5 Å². The molecular weight excluding hydrogens is 388 g/mol. The van der Waals surface area contributed by atoms with Crippen LogP contribution in [0.15, 0.2) is 78.9 Å². The monoisotopic (exact) mass is 414 g/mol. The van der Waals surface area contributed by atoms with Gasteiger partial charge in [-0.3, -0.25) is 9.59 Å². The molecule has 0 saturated heterocycles. The van der Waals surface area contributed by atoms with Gasteiger partial charge in [0.05, 0.1) is 13.2 Å². The number of para-hydroxylation sites is 1. The molecule has 0 aromatic heterocycles. The van der Waals surface area contributed by atoms with E-state index in [4.69, 9.17) is 4.74 Å². The van der Waals surface area contributed by atoms with Crippen molar-refractivity contribution in [2.24, 2.45) is 0 Å². The lowest BCUT2D eigenvalue weighted by Crippen LogP contribution is -2.47. The van der Waals surface area contributed by atoms with E-state index in [2.05, 4.69) is 0 Å². The molecule has 0 radical (unpaired) electrons. The predicted molar refractivity (Wildman–Crippen MR) is 123 cm³/mol. The summed E-state index contributed by atoms with van der Waals surface area (Å²) in [6.07, 6.45) is 0.631. The molecule has 1 heterocycles. The fraction of sp³-hybridized carbons (Fsp3) is 0.231. The second-order valence-corrected chi connectivity index (χ2v) is 7.79. The van der Waals surface area contributed by atoms with Crippen LogP contribution in [0.4, 0.5) is 11.4 Å². The molecule has 0 saturated carbocycles. The summed E-state index contributed by atoms with van der Waals surface area (Å²) in [7, 11) is 1.61. The number of anilines is 2. The zero-order chi connectivity index (χ0) is 22.0. The van der Waals surface area contributed by atoms with Gasteiger partial charge in [0.2, 0.25) is 5.91 Å². The normalized spacial score (nSPS) is 17.6. The Hall–Kier alpha value is -3.60. The standard InChI is InChI=1S/C26H26N2O3/c1-18-16-25(28(19(2)29)21-12-9-13-22(17-21)31-3)23-14-7-8-15-24(23)27(18)26(30)20-10-5-4-6-11-20/h4-15,17-18,25H,16H2,1-3H3. The number of rotatable bonds is 4. The summed E-state index contributed by atoms with van der Waals surface area (Å²) in [5, 5.41) is 0. The molecule has 1 aliphatic heterocycles. The van der Waals surface area contributed by atoms with E-state index in [0.717, 1.165) is 16.9 Å². The van der Waals surface area contributed by atoms with Crippen molar-refractivity contribution in [2.75, 3.05) is 16.9 Å². The van der Waals surface area contributed by atoms with Crippen LogP contribution in [0.1, 0.15) is 42.2 Å². The smallest absolute Gasteiger partial charge is 0.258 e. The predicted octanol–water partition coefficient (Wildman–Crippen LogP) is 5.23. The number of carbonyl (C=O) groups excluding carboxylic acids is 2. The summed E-state index contributed by atoms with van der Waals surface area (Å²) < 4.78 is 5.37. The molecule has 4 rings (SSSR count). The van der Waals surface area contributed by atoms with E-state index in [9.17, 15) is 9.59 Å². The molecule has 2 unspecified atom stereocenters. The van der Waals surface area contributed by atoms with Crippen LogP contribution < -0.4 is 14.5 Å². The van der Waals surface area contributed by atoms with Crippen LogP contribution in [-0.2, 0) is 4.79 Å². The first-order chi connectivity index (χ1) is 15.0. The second kappa shape index (κ2) is 8.64. The first-order valence-corrected chi connectivity index (χ1v) is 10.4. The molecule has 0 bridgehead atoms. The average molecular weight is 415 g/mol. The molecule has 0 aliphatic carbocycles. The quantitative estimate of drug-likeness (QED) is 0.587. The third kappa shape index (κ3) is 3.91. The lowest BCUT2D eigenvalue weighted by Gasteiger charge is -2.43. The van der Waals surface area contributed by atoms with Crippen LogP contribution in [0.2, 0.25) is 0 Å². The Morgan fingerprint density at radius 1 is 0.968 bits per heavy atom. The van der Waals surface area contributed by atoms with E-state index < -0.39 is 0 Å². The van der Waals surface area contributed by atoms with Crippen molar-refractivity contribution in [1.82, 2.24) is 0 Å². The lowest BCUT2D eigenvalue weighted by molar-refractivity contribution is -0.117. The summed E-state index contributed by atoms with van der Waals surface area (Å²) in [5.74, 6) is 0.611. The summed E-state index contributed by atoms with van der Waals surface area (Å²) in [5.41, 5.74) is 3.23. The van der Waals surface area contributed by atoms with Crippen molar-refractivity contribution in [2.45, 2.75) is 32.4 Å². The van der Waals surface area contributed by atoms with Crippen molar-refractivity contribution in [3.8, 4) is 5.75 Å². The fourth-order valence-electron chi connectivity index (χ4n) is 4.40. The molecule has 158 valence electrons. The van der Waals surface area contributed by atoms with Gasteiger partial charge in [0.15, 0.2) is 0 Å². The molecule has 31 heavy (non-hydrogen) atoms. The van der Waals surface area contributed by atoms with Gasteiger partial charge in [0.1, 0.15) is 5.75 Å². The van der Waals surface area contributed by atoms with Crippen LogP contribution in [0, 0.1) is 0 Å². The third-order valence-corrected chi connectivity index (χ3v) is 5.78. The highest BCUT2D eigenvalue weighted by Gasteiger charge is 2.38. The Bertz CT molecular complexity index is 1100. The van der Waals surface area contributed by atoms with Crippen LogP contribution in [-0.4, -0.2) is 25.0 Å². The average Bonchev–Trinajstić information content (AvgIpc) is 2.79. The molecule has 2 amide bonds. The van der Waals surface area contributed by atoms with Gasteiger partial charge in [-0.15, -0.1) is 0 Å². The number of nitrogens with zero attached hydrogens (tertiary/aromatic N) is 2. The Morgan fingerprint density at radius 3 is 2.39 bits per heavy atom. The number of hydrogen-bond acceptors (Lipinski definition) is 3. The van der Waals surface area contributed by atoms with Crippen molar-refractivity contribution in [3.63, 3.8) is 0 Å². The van der Waals surface area contributed by atoms with Gasteiger partial charge in [0, 0.05) is 36.0 Å². The maximum Gasteiger partial charge on any atom is 0.258 e. The van der Waals surface area contributed by atoms with Crippen molar-refractivity contribution >= 4 is 23.2 Å². The molecule has 0 fully saturated rings. The third-order valence-electron chi connectivity index (χ3n) is 5.78. The summed E-state index contributed by atoms with van der Waals surface area (Å²) in [4.78, 5) is 29.8. The summed E-state index contributed by atoms with van der Waals surface area (Å²) >= 11 is 0. The highest BCUT2D eigenvalue weighted by molar-refractivity contribution is 6.07. The molecule has 2 atom stereocenters. The number of methoxy groups -OCH3 is 1. The van der Waals surface area contributed by atoms with Crippen molar-refractivity contribution in [1.29, 1.82) is 0 Å². The first-order valence-electron chi connectivity index (χ1n) is 10.4. The molecule has 1 aliphatic rings. The van der Waals surface area contributed by atoms with Gasteiger partial charge >= 0.3 is 0 Å². The van der Waals surface area contributed by atoms with E-state index in [1.54, 1.807) is 14.0 Å². The topological polar surface area (TPSA) is 49.9 Å². The Labute approximate surface area is 182 Å². The maximum atomic E-state index is 13.4.